The Labute approximate surface area is 129 Å². The molecule has 0 saturated heterocycles. The van der Waals surface area contributed by atoms with Crippen LogP contribution in [0.1, 0.15) is 17.3 Å². The minimum absolute atomic E-state index is 0.0767. The molecule has 1 rings (SSSR count). The van der Waals surface area contributed by atoms with Gasteiger partial charge in [0.25, 0.3) is 0 Å². The lowest BCUT2D eigenvalue weighted by atomic mass is 10.1. The molecule has 21 heavy (non-hydrogen) atoms. The minimum atomic E-state index is -0.498. The first-order valence-corrected chi connectivity index (χ1v) is 7.03. The summed E-state index contributed by atoms with van der Waals surface area (Å²) in [5.41, 5.74) is 6.91. The number of anilines is 2. The smallest absolute Gasteiger partial charge is 0.340 e. The van der Waals surface area contributed by atoms with E-state index in [0.717, 1.165) is 0 Å². The summed E-state index contributed by atoms with van der Waals surface area (Å²) in [5.74, 6) is -0.498. The average Bonchev–Trinajstić information content (AvgIpc) is 2.43. The molecule has 0 aromatic heterocycles. The van der Waals surface area contributed by atoms with Gasteiger partial charge in [0.05, 0.1) is 36.1 Å². The predicted octanol–water partition coefficient (Wildman–Crippen LogP) is 1.54. The Kier molecular flexibility index (Phi) is 7.28. The van der Waals surface area contributed by atoms with Crippen molar-refractivity contribution in [3.05, 3.63) is 22.7 Å². The van der Waals surface area contributed by atoms with E-state index in [0.29, 0.717) is 36.1 Å². The van der Waals surface area contributed by atoms with Crippen LogP contribution in [0.2, 0.25) is 5.02 Å². The molecule has 1 aromatic rings. The molecule has 3 N–H and O–H groups in total. The number of rotatable bonds is 8. The molecular formula is C14H21ClN2O4. The predicted molar refractivity (Wildman–Crippen MR) is 83.0 cm³/mol. The van der Waals surface area contributed by atoms with E-state index in [2.05, 4.69) is 0 Å². The Morgan fingerprint density at radius 1 is 1.43 bits per heavy atom. The number of carbonyl (C=O) groups excluding carboxylic acids is 1. The molecule has 7 heteroatoms. The van der Waals surface area contributed by atoms with Crippen LogP contribution in [0.15, 0.2) is 12.1 Å². The number of nitrogens with two attached hydrogens (primary N) is 1. The Balaban J connectivity index is 3.25. The van der Waals surface area contributed by atoms with Crippen LogP contribution in [0.3, 0.4) is 0 Å². The Bertz CT molecular complexity index is 482. The zero-order valence-electron chi connectivity index (χ0n) is 12.3. The standard InChI is InChI=1S/C14H21ClN2O4/c1-3-21-14(19)11-8-10(16)9-12(15)13(11)17(4-6-18)5-7-20-2/h8-9,18H,3-7,16H2,1-2H3. The third-order valence-electron chi connectivity index (χ3n) is 2.83. The SMILES string of the molecule is CCOC(=O)c1cc(N)cc(Cl)c1N(CCO)CCOC. The van der Waals surface area contributed by atoms with Gasteiger partial charge >= 0.3 is 5.97 Å². The van der Waals surface area contributed by atoms with Crippen LogP contribution in [0, 0.1) is 0 Å². The van der Waals surface area contributed by atoms with Crippen molar-refractivity contribution in [3.63, 3.8) is 0 Å². The van der Waals surface area contributed by atoms with Gasteiger partial charge in [-0.05, 0) is 19.1 Å². The normalized spacial score (nSPS) is 10.5. The lowest BCUT2D eigenvalue weighted by Crippen LogP contribution is -2.32. The number of hydrogen-bond acceptors (Lipinski definition) is 6. The van der Waals surface area contributed by atoms with Gasteiger partial charge in [-0.3, -0.25) is 0 Å². The van der Waals surface area contributed by atoms with Crippen molar-refractivity contribution in [2.75, 3.05) is 50.7 Å². The Hall–Kier alpha value is -1.50. The topological polar surface area (TPSA) is 85.0 Å². The number of methoxy groups -OCH3 is 1. The zero-order valence-corrected chi connectivity index (χ0v) is 13.0. The number of halogens is 1. The molecule has 1 aromatic carbocycles. The number of ether oxygens (including phenoxy) is 2. The third kappa shape index (κ3) is 4.77. The van der Waals surface area contributed by atoms with Crippen LogP contribution in [0.5, 0.6) is 0 Å². The molecule has 0 spiro atoms. The number of aliphatic hydroxyl groups is 1. The van der Waals surface area contributed by atoms with Crippen molar-refractivity contribution in [2.45, 2.75) is 6.92 Å². The first-order chi connectivity index (χ1) is 10.0. The molecule has 0 aliphatic carbocycles. The maximum absolute atomic E-state index is 12.1. The summed E-state index contributed by atoms with van der Waals surface area (Å²) in [6, 6.07) is 3.09. The van der Waals surface area contributed by atoms with E-state index in [-0.39, 0.29) is 18.8 Å². The van der Waals surface area contributed by atoms with E-state index >= 15 is 0 Å². The summed E-state index contributed by atoms with van der Waals surface area (Å²) in [6.45, 7) is 3.13. The Morgan fingerprint density at radius 2 is 2.14 bits per heavy atom. The summed E-state index contributed by atoms with van der Waals surface area (Å²) < 4.78 is 10.1. The molecule has 118 valence electrons. The van der Waals surface area contributed by atoms with Crippen molar-refractivity contribution in [1.82, 2.24) is 0 Å². The molecule has 0 atom stereocenters. The summed E-state index contributed by atoms with van der Waals surface area (Å²) in [7, 11) is 1.58. The molecule has 6 nitrogen and oxygen atoms in total. The molecule has 0 radical (unpaired) electrons. The largest absolute Gasteiger partial charge is 0.462 e. The molecule has 0 amide bonds. The van der Waals surface area contributed by atoms with E-state index in [1.54, 1.807) is 25.0 Å². The Morgan fingerprint density at radius 3 is 2.71 bits per heavy atom. The van der Waals surface area contributed by atoms with Crippen molar-refractivity contribution in [2.24, 2.45) is 0 Å². The summed E-state index contributed by atoms with van der Waals surface area (Å²) in [5, 5.41) is 9.54. The highest BCUT2D eigenvalue weighted by molar-refractivity contribution is 6.34. The van der Waals surface area contributed by atoms with Crippen LogP contribution in [0.4, 0.5) is 11.4 Å². The highest BCUT2D eigenvalue weighted by atomic mass is 35.5. The molecule has 0 unspecified atom stereocenters. The molecule has 0 aliphatic rings. The summed E-state index contributed by atoms with van der Waals surface area (Å²) >= 11 is 6.24. The third-order valence-corrected chi connectivity index (χ3v) is 3.12. The van der Waals surface area contributed by atoms with Gasteiger partial charge in [-0.15, -0.1) is 0 Å². The molecule has 0 fully saturated rings. The van der Waals surface area contributed by atoms with E-state index in [9.17, 15) is 9.90 Å². The van der Waals surface area contributed by atoms with Crippen LogP contribution < -0.4 is 10.6 Å². The van der Waals surface area contributed by atoms with Gasteiger partial charge in [-0.25, -0.2) is 4.79 Å². The molecule has 0 bridgehead atoms. The first kappa shape index (κ1) is 17.6. The van der Waals surface area contributed by atoms with Crippen LogP contribution >= 0.6 is 11.6 Å². The maximum atomic E-state index is 12.1. The van der Waals surface area contributed by atoms with Crippen LogP contribution in [-0.4, -0.2) is 51.1 Å². The van der Waals surface area contributed by atoms with E-state index in [1.807, 2.05) is 0 Å². The fraction of sp³-hybridized carbons (Fsp3) is 0.500. The van der Waals surface area contributed by atoms with E-state index < -0.39 is 5.97 Å². The zero-order chi connectivity index (χ0) is 15.8. The molecule has 0 aliphatic heterocycles. The van der Waals surface area contributed by atoms with E-state index in [1.165, 1.54) is 6.07 Å². The van der Waals surface area contributed by atoms with Crippen molar-refractivity contribution >= 4 is 28.9 Å². The highest BCUT2D eigenvalue weighted by Gasteiger charge is 2.21. The average molecular weight is 317 g/mol. The fourth-order valence-electron chi connectivity index (χ4n) is 1.96. The minimum Gasteiger partial charge on any atom is -0.462 e. The van der Waals surface area contributed by atoms with Crippen LogP contribution in [0.25, 0.3) is 0 Å². The van der Waals surface area contributed by atoms with Crippen LogP contribution in [-0.2, 0) is 9.47 Å². The number of carbonyl (C=O) groups is 1. The number of benzene rings is 1. The lowest BCUT2D eigenvalue weighted by Gasteiger charge is -2.27. The first-order valence-electron chi connectivity index (χ1n) is 6.66. The summed E-state index contributed by atoms with van der Waals surface area (Å²) in [6.07, 6.45) is 0. The number of hydrogen-bond donors (Lipinski definition) is 2. The second-order valence-electron chi connectivity index (χ2n) is 4.32. The quantitative estimate of drug-likeness (QED) is 0.559. The monoisotopic (exact) mass is 316 g/mol. The number of nitrogen functional groups attached to an aromatic ring is 1. The number of aliphatic hydroxyl groups excluding tert-OH is 1. The highest BCUT2D eigenvalue weighted by Crippen LogP contribution is 2.33. The lowest BCUT2D eigenvalue weighted by molar-refractivity contribution is 0.0527. The second kappa shape index (κ2) is 8.71. The number of esters is 1. The van der Waals surface area contributed by atoms with Crippen molar-refractivity contribution in [1.29, 1.82) is 0 Å². The van der Waals surface area contributed by atoms with Gasteiger partial charge in [0.15, 0.2) is 0 Å². The molecular weight excluding hydrogens is 296 g/mol. The van der Waals surface area contributed by atoms with E-state index in [4.69, 9.17) is 26.8 Å². The molecule has 0 heterocycles. The second-order valence-corrected chi connectivity index (χ2v) is 4.73. The van der Waals surface area contributed by atoms with Gasteiger partial charge in [0.2, 0.25) is 0 Å². The van der Waals surface area contributed by atoms with Gasteiger partial charge in [0, 0.05) is 25.9 Å². The van der Waals surface area contributed by atoms with Crippen molar-refractivity contribution in [3.8, 4) is 0 Å². The molecule has 0 saturated carbocycles. The number of nitrogens with zero attached hydrogens (tertiary/aromatic N) is 1. The maximum Gasteiger partial charge on any atom is 0.340 e. The fourth-order valence-corrected chi connectivity index (χ4v) is 2.31. The van der Waals surface area contributed by atoms with Gasteiger partial charge in [0.1, 0.15) is 0 Å². The van der Waals surface area contributed by atoms with Crippen molar-refractivity contribution < 1.29 is 19.4 Å². The van der Waals surface area contributed by atoms with Gasteiger partial charge in [-0.2, -0.15) is 0 Å². The summed E-state index contributed by atoms with van der Waals surface area (Å²) in [4.78, 5) is 13.9. The van der Waals surface area contributed by atoms with Gasteiger partial charge in [-0.1, -0.05) is 11.6 Å². The van der Waals surface area contributed by atoms with Gasteiger partial charge < -0.3 is 25.2 Å².